The summed E-state index contributed by atoms with van der Waals surface area (Å²) >= 11 is 0. The quantitative estimate of drug-likeness (QED) is 0.842. The number of nitrogens with one attached hydrogen (secondary N) is 1. The standard InChI is InChI=1S/C16H15N3O2/c17-6-5-12-8-13(2-3-14(12)18)19-9-11-1-4-15-16(7-11)21-10-20-15/h1-4,7-8,19H,5,9-10,18H2. The Labute approximate surface area is 122 Å². The van der Waals surface area contributed by atoms with Crippen LogP contribution < -0.4 is 20.5 Å². The van der Waals surface area contributed by atoms with E-state index in [1.165, 1.54) is 0 Å². The van der Waals surface area contributed by atoms with E-state index in [-0.39, 0.29) is 6.79 Å². The van der Waals surface area contributed by atoms with E-state index in [1.807, 2.05) is 36.4 Å². The minimum atomic E-state index is 0.279. The van der Waals surface area contributed by atoms with Gasteiger partial charge in [-0.25, -0.2) is 0 Å². The van der Waals surface area contributed by atoms with Crippen molar-refractivity contribution in [2.24, 2.45) is 0 Å². The summed E-state index contributed by atoms with van der Waals surface area (Å²) in [7, 11) is 0. The predicted molar refractivity (Wildman–Crippen MR) is 80.1 cm³/mol. The SMILES string of the molecule is N#CCc1cc(NCc2ccc3c(c2)OCO3)ccc1N. The molecule has 2 aromatic carbocycles. The summed E-state index contributed by atoms with van der Waals surface area (Å²) < 4.78 is 10.6. The molecule has 0 amide bonds. The molecule has 0 spiro atoms. The van der Waals surface area contributed by atoms with Crippen molar-refractivity contribution in [3.8, 4) is 17.6 Å². The summed E-state index contributed by atoms with van der Waals surface area (Å²) in [4.78, 5) is 0. The monoisotopic (exact) mass is 281 g/mol. The third kappa shape index (κ3) is 2.84. The highest BCUT2D eigenvalue weighted by Gasteiger charge is 2.12. The number of hydrogen-bond donors (Lipinski definition) is 2. The highest BCUT2D eigenvalue weighted by molar-refractivity contribution is 5.58. The van der Waals surface area contributed by atoms with E-state index >= 15 is 0 Å². The molecule has 3 rings (SSSR count). The number of rotatable bonds is 4. The molecule has 2 aromatic rings. The average Bonchev–Trinajstić information content (AvgIpc) is 2.96. The van der Waals surface area contributed by atoms with Crippen molar-refractivity contribution in [1.82, 2.24) is 0 Å². The first-order chi connectivity index (χ1) is 10.3. The van der Waals surface area contributed by atoms with Crippen LogP contribution in [0.25, 0.3) is 0 Å². The van der Waals surface area contributed by atoms with E-state index in [4.69, 9.17) is 20.5 Å². The van der Waals surface area contributed by atoms with Crippen molar-refractivity contribution in [3.63, 3.8) is 0 Å². The maximum atomic E-state index is 8.78. The van der Waals surface area contributed by atoms with Crippen LogP contribution in [0.1, 0.15) is 11.1 Å². The smallest absolute Gasteiger partial charge is 0.231 e. The summed E-state index contributed by atoms with van der Waals surface area (Å²) in [6.07, 6.45) is 0.311. The lowest BCUT2D eigenvalue weighted by Gasteiger charge is -2.10. The van der Waals surface area contributed by atoms with E-state index in [1.54, 1.807) is 0 Å². The Morgan fingerprint density at radius 2 is 2.00 bits per heavy atom. The number of ether oxygens (including phenoxy) is 2. The highest BCUT2D eigenvalue weighted by atomic mass is 16.7. The van der Waals surface area contributed by atoms with Crippen LogP contribution in [0.15, 0.2) is 36.4 Å². The number of hydrogen-bond acceptors (Lipinski definition) is 5. The fourth-order valence-electron chi connectivity index (χ4n) is 2.21. The number of nitrogens with zero attached hydrogens (tertiary/aromatic N) is 1. The van der Waals surface area contributed by atoms with Gasteiger partial charge in [-0.15, -0.1) is 0 Å². The average molecular weight is 281 g/mol. The molecule has 5 nitrogen and oxygen atoms in total. The van der Waals surface area contributed by atoms with Crippen LogP contribution in [0.3, 0.4) is 0 Å². The number of fused-ring (bicyclic) bond motifs is 1. The van der Waals surface area contributed by atoms with Crippen molar-refractivity contribution in [2.45, 2.75) is 13.0 Å². The van der Waals surface area contributed by atoms with E-state index in [2.05, 4.69) is 11.4 Å². The molecule has 0 bridgehead atoms. The molecule has 0 aromatic heterocycles. The highest BCUT2D eigenvalue weighted by Crippen LogP contribution is 2.32. The van der Waals surface area contributed by atoms with Gasteiger partial charge in [-0.05, 0) is 41.5 Å². The molecule has 0 saturated carbocycles. The lowest BCUT2D eigenvalue weighted by molar-refractivity contribution is 0.174. The molecule has 5 heteroatoms. The zero-order valence-corrected chi connectivity index (χ0v) is 11.4. The van der Waals surface area contributed by atoms with E-state index in [0.29, 0.717) is 18.7 Å². The summed E-state index contributed by atoms with van der Waals surface area (Å²) in [5, 5.41) is 12.1. The molecule has 0 fully saturated rings. The second kappa shape index (κ2) is 5.63. The molecule has 21 heavy (non-hydrogen) atoms. The zero-order valence-electron chi connectivity index (χ0n) is 11.4. The summed E-state index contributed by atoms with van der Waals surface area (Å²) in [5.41, 5.74) is 9.35. The van der Waals surface area contributed by atoms with Gasteiger partial charge in [0.1, 0.15) is 0 Å². The fraction of sp³-hybridized carbons (Fsp3) is 0.188. The molecule has 1 aliphatic rings. The molecule has 1 heterocycles. The van der Waals surface area contributed by atoms with E-state index in [0.717, 1.165) is 28.3 Å². The third-order valence-corrected chi connectivity index (χ3v) is 3.35. The second-order valence-electron chi connectivity index (χ2n) is 4.79. The van der Waals surface area contributed by atoms with Crippen molar-refractivity contribution in [2.75, 3.05) is 17.8 Å². The Bertz CT molecular complexity index is 707. The van der Waals surface area contributed by atoms with Gasteiger partial charge in [0.25, 0.3) is 0 Å². The molecular formula is C16H15N3O2. The van der Waals surface area contributed by atoms with Gasteiger partial charge in [0.05, 0.1) is 12.5 Å². The number of nitriles is 1. The van der Waals surface area contributed by atoms with Crippen LogP contribution in [0.4, 0.5) is 11.4 Å². The summed E-state index contributed by atoms with van der Waals surface area (Å²) in [6.45, 7) is 0.939. The molecule has 1 aliphatic heterocycles. The maximum Gasteiger partial charge on any atom is 0.231 e. The predicted octanol–water partition coefficient (Wildman–Crippen LogP) is 2.68. The number of benzene rings is 2. The molecule has 0 atom stereocenters. The van der Waals surface area contributed by atoms with Gasteiger partial charge in [0, 0.05) is 17.9 Å². The Morgan fingerprint density at radius 3 is 2.86 bits per heavy atom. The van der Waals surface area contributed by atoms with Gasteiger partial charge in [-0.1, -0.05) is 6.07 Å². The van der Waals surface area contributed by atoms with Crippen LogP contribution in [-0.4, -0.2) is 6.79 Å². The molecule has 106 valence electrons. The second-order valence-corrected chi connectivity index (χ2v) is 4.79. The third-order valence-electron chi connectivity index (χ3n) is 3.35. The Hall–Kier alpha value is -2.87. The Morgan fingerprint density at radius 1 is 1.14 bits per heavy atom. The first-order valence-corrected chi connectivity index (χ1v) is 6.64. The van der Waals surface area contributed by atoms with Crippen molar-refractivity contribution in [3.05, 3.63) is 47.5 Å². The normalized spacial score (nSPS) is 12.0. The van der Waals surface area contributed by atoms with Crippen LogP contribution in [0.5, 0.6) is 11.5 Å². The van der Waals surface area contributed by atoms with Crippen LogP contribution in [-0.2, 0) is 13.0 Å². The van der Waals surface area contributed by atoms with Gasteiger partial charge < -0.3 is 20.5 Å². The first kappa shape index (κ1) is 13.1. The lowest BCUT2D eigenvalue weighted by Crippen LogP contribution is -2.01. The van der Waals surface area contributed by atoms with Gasteiger partial charge in [0.15, 0.2) is 11.5 Å². The summed E-state index contributed by atoms with van der Waals surface area (Å²) in [5.74, 6) is 1.55. The molecule has 0 saturated heterocycles. The van der Waals surface area contributed by atoms with E-state index in [9.17, 15) is 0 Å². The minimum Gasteiger partial charge on any atom is -0.454 e. The Kier molecular flexibility index (Phi) is 3.52. The van der Waals surface area contributed by atoms with Gasteiger partial charge in [-0.2, -0.15) is 5.26 Å². The molecule has 0 unspecified atom stereocenters. The lowest BCUT2D eigenvalue weighted by atomic mass is 10.1. The number of nitrogens with two attached hydrogens (primary N) is 1. The number of nitrogen functional groups attached to an aromatic ring is 1. The van der Waals surface area contributed by atoms with Gasteiger partial charge in [-0.3, -0.25) is 0 Å². The molecule has 0 radical (unpaired) electrons. The first-order valence-electron chi connectivity index (χ1n) is 6.64. The summed E-state index contributed by atoms with van der Waals surface area (Å²) in [6, 6.07) is 13.6. The van der Waals surface area contributed by atoms with Crippen LogP contribution in [0, 0.1) is 11.3 Å². The van der Waals surface area contributed by atoms with Crippen LogP contribution >= 0.6 is 0 Å². The molecule has 3 N–H and O–H groups in total. The fourth-order valence-corrected chi connectivity index (χ4v) is 2.21. The number of anilines is 2. The molecule has 0 aliphatic carbocycles. The van der Waals surface area contributed by atoms with Crippen molar-refractivity contribution in [1.29, 1.82) is 5.26 Å². The van der Waals surface area contributed by atoms with E-state index < -0.39 is 0 Å². The van der Waals surface area contributed by atoms with Crippen molar-refractivity contribution < 1.29 is 9.47 Å². The zero-order chi connectivity index (χ0) is 14.7. The Balaban J connectivity index is 1.70. The largest absolute Gasteiger partial charge is 0.454 e. The van der Waals surface area contributed by atoms with Gasteiger partial charge >= 0.3 is 0 Å². The van der Waals surface area contributed by atoms with Crippen molar-refractivity contribution >= 4 is 11.4 Å². The topological polar surface area (TPSA) is 80.3 Å². The van der Waals surface area contributed by atoms with Gasteiger partial charge in [0.2, 0.25) is 6.79 Å². The minimum absolute atomic E-state index is 0.279. The maximum absolute atomic E-state index is 8.78. The van der Waals surface area contributed by atoms with Crippen LogP contribution in [0.2, 0.25) is 0 Å². The molecular weight excluding hydrogens is 266 g/mol.